The number of nitrogens with one attached hydrogen (secondary N) is 1. The van der Waals surface area contributed by atoms with Crippen molar-refractivity contribution in [1.29, 1.82) is 0 Å². The van der Waals surface area contributed by atoms with Crippen molar-refractivity contribution in [2.24, 2.45) is 4.99 Å². The topological polar surface area (TPSA) is 41.5 Å². The van der Waals surface area contributed by atoms with E-state index in [0.717, 1.165) is 11.1 Å². The van der Waals surface area contributed by atoms with Gasteiger partial charge in [-0.25, -0.2) is 4.99 Å². The standard InChI is InChI=1S/C14H12N2OS/c1-9-13(17)16-14(18-9)15-12-7-6-10-4-2-3-5-11(10)8-12/h2-9H,1H3,(H,15,16,17). The molecule has 3 rings (SSSR count). The molecule has 0 bridgehead atoms. The summed E-state index contributed by atoms with van der Waals surface area (Å²) in [6, 6.07) is 14.2. The predicted octanol–water partition coefficient (Wildman–Crippen LogP) is 3.08. The van der Waals surface area contributed by atoms with Crippen molar-refractivity contribution in [2.75, 3.05) is 0 Å². The highest BCUT2D eigenvalue weighted by Crippen LogP contribution is 2.25. The van der Waals surface area contributed by atoms with E-state index < -0.39 is 0 Å². The van der Waals surface area contributed by atoms with Gasteiger partial charge < -0.3 is 5.32 Å². The van der Waals surface area contributed by atoms with Gasteiger partial charge in [0.2, 0.25) is 5.91 Å². The minimum Gasteiger partial charge on any atom is -0.304 e. The second kappa shape index (κ2) is 4.46. The number of benzene rings is 2. The number of amides is 1. The molecule has 3 nitrogen and oxygen atoms in total. The van der Waals surface area contributed by atoms with Crippen molar-refractivity contribution in [3.05, 3.63) is 42.5 Å². The molecule has 0 radical (unpaired) electrons. The molecule has 18 heavy (non-hydrogen) atoms. The molecule has 0 aromatic heterocycles. The molecule has 1 saturated heterocycles. The maximum atomic E-state index is 11.4. The number of carbonyl (C=O) groups is 1. The highest BCUT2D eigenvalue weighted by molar-refractivity contribution is 8.15. The van der Waals surface area contributed by atoms with Crippen LogP contribution in [0, 0.1) is 0 Å². The van der Waals surface area contributed by atoms with Gasteiger partial charge in [0, 0.05) is 0 Å². The zero-order chi connectivity index (χ0) is 12.5. The van der Waals surface area contributed by atoms with E-state index >= 15 is 0 Å². The molecule has 1 atom stereocenters. The van der Waals surface area contributed by atoms with E-state index in [4.69, 9.17) is 0 Å². The van der Waals surface area contributed by atoms with Crippen LogP contribution in [0.1, 0.15) is 6.92 Å². The zero-order valence-electron chi connectivity index (χ0n) is 9.88. The summed E-state index contributed by atoms with van der Waals surface area (Å²) >= 11 is 1.46. The van der Waals surface area contributed by atoms with Gasteiger partial charge in [-0.2, -0.15) is 0 Å². The Morgan fingerprint density at radius 2 is 1.94 bits per heavy atom. The first kappa shape index (κ1) is 11.3. The van der Waals surface area contributed by atoms with Crippen LogP contribution in [0.4, 0.5) is 5.69 Å². The Bertz CT molecular complexity index is 651. The van der Waals surface area contributed by atoms with Crippen molar-refractivity contribution in [2.45, 2.75) is 12.2 Å². The molecular formula is C14H12N2OS. The number of thioether (sulfide) groups is 1. The summed E-state index contributed by atoms with van der Waals surface area (Å²) in [5, 5.41) is 5.75. The largest absolute Gasteiger partial charge is 0.304 e. The van der Waals surface area contributed by atoms with Gasteiger partial charge in [0.05, 0.1) is 10.9 Å². The van der Waals surface area contributed by atoms with Crippen molar-refractivity contribution in [1.82, 2.24) is 5.32 Å². The van der Waals surface area contributed by atoms with Crippen LogP contribution in [0.15, 0.2) is 47.5 Å². The van der Waals surface area contributed by atoms with Crippen molar-refractivity contribution in [3.8, 4) is 0 Å². The number of aliphatic imine (C=N–C) groups is 1. The highest BCUT2D eigenvalue weighted by Gasteiger charge is 2.25. The summed E-state index contributed by atoms with van der Waals surface area (Å²) in [5.74, 6) is 0.0274. The molecule has 0 spiro atoms. The number of hydrogen-bond donors (Lipinski definition) is 1. The monoisotopic (exact) mass is 256 g/mol. The molecule has 4 heteroatoms. The van der Waals surface area contributed by atoms with Crippen LogP contribution >= 0.6 is 11.8 Å². The van der Waals surface area contributed by atoms with Crippen LogP contribution in [0.2, 0.25) is 0 Å². The zero-order valence-corrected chi connectivity index (χ0v) is 10.7. The van der Waals surface area contributed by atoms with Crippen molar-refractivity contribution < 1.29 is 4.79 Å². The molecule has 0 aliphatic carbocycles. The van der Waals surface area contributed by atoms with Crippen LogP contribution in [0.3, 0.4) is 0 Å². The van der Waals surface area contributed by atoms with Crippen molar-refractivity contribution >= 4 is 39.3 Å². The Labute approximate surface area is 109 Å². The lowest BCUT2D eigenvalue weighted by Crippen LogP contribution is -2.23. The van der Waals surface area contributed by atoms with E-state index in [1.165, 1.54) is 17.1 Å². The minimum atomic E-state index is -0.0517. The average Bonchev–Trinajstić information content (AvgIpc) is 2.68. The van der Waals surface area contributed by atoms with Crippen LogP contribution in [-0.2, 0) is 4.79 Å². The van der Waals surface area contributed by atoms with E-state index in [0.29, 0.717) is 5.17 Å². The summed E-state index contributed by atoms with van der Waals surface area (Å²) in [6.07, 6.45) is 0. The normalized spacial score (nSPS) is 21.5. The molecule has 0 saturated carbocycles. The summed E-state index contributed by atoms with van der Waals surface area (Å²) < 4.78 is 0. The van der Waals surface area contributed by atoms with Gasteiger partial charge in [0.15, 0.2) is 5.17 Å². The third-order valence-corrected chi connectivity index (χ3v) is 3.84. The molecular weight excluding hydrogens is 244 g/mol. The Morgan fingerprint density at radius 3 is 2.67 bits per heavy atom. The molecule has 2 aromatic rings. The highest BCUT2D eigenvalue weighted by atomic mass is 32.2. The van der Waals surface area contributed by atoms with Crippen LogP contribution in [-0.4, -0.2) is 16.3 Å². The first-order valence-corrected chi connectivity index (χ1v) is 6.65. The smallest absolute Gasteiger partial charge is 0.239 e. The number of carbonyl (C=O) groups excluding carboxylic acids is 1. The fraction of sp³-hybridized carbons (Fsp3) is 0.143. The van der Waals surface area contributed by atoms with Gasteiger partial charge in [-0.1, -0.05) is 42.1 Å². The van der Waals surface area contributed by atoms with Gasteiger partial charge in [0.25, 0.3) is 0 Å². The summed E-state index contributed by atoms with van der Waals surface area (Å²) in [5.41, 5.74) is 0.866. The second-order valence-electron chi connectivity index (χ2n) is 4.20. The molecule has 1 heterocycles. The number of rotatable bonds is 1. The minimum absolute atomic E-state index is 0.0274. The SMILES string of the molecule is CC1SC(=Nc2ccc3ccccc3c2)NC1=O. The van der Waals surface area contributed by atoms with Crippen LogP contribution in [0.5, 0.6) is 0 Å². The summed E-state index contributed by atoms with van der Waals surface area (Å²) in [4.78, 5) is 15.8. The van der Waals surface area contributed by atoms with Gasteiger partial charge >= 0.3 is 0 Å². The Kier molecular flexibility index (Phi) is 2.80. The van der Waals surface area contributed by atoms with E-state index in [-0.39, 0.29) is 11.2 Å². The first-order chi connectivity index (χ1) is 8.72. The summed E-state index contributed by atoms with van der Waals surface area (Å²) in [7, 11) is 0. The van der Waals surface area contributed by atoms with Crippen LogP contribution in [0.25, 0.3) is 10.8 Å². The first-order valence-electron chi connectivity index (χ1n) is 5.77. The second-order valence-corrected chi connectivity index (χ2v) is 5.53. The fourth-order valence-electron chi connectivity index (χ4n) is 1.88. The average molecular weight is 256 g/mol. The molecule has 1 aliphatic rings. The van der Waals surface area contributed by atoms with Gasteiger partial charge in [0.1, 0.15) is 0 Å². The number of amidine groups is 1. The number of nitrogens with zero attached hydrogens (tertiary/aromatic N) is 1. The number of hydrogen-bond acceptors (Lipinski definition) is 3. The maximum absolute atomic E-state index is 11.4. The van der Waals surface area contributed by atoms with Crippen molar-refractivity contribution in [3.63, 3.8) is 0 Å². The van der Waals surface area contributed by atoms with Gasteiger partial charge in [-0.3, -0.25) is 4.79 Å². The van der Waals surface area contributed by atoms with E-state index in [1.54, 1.807) is 0 Å². The molecule has 1 fully saturated rings. The van der Waals surface area contributed by atoms with Gasteiger partial charge in [-0.05, 0) is 29.8 Å². The summed E-state index contributed by atoms with van der Waals surface area (Å²) in [6.45, 7) is 1.88. The lowest BCUT2D eigenvalue weighted by Gasteiger charge is -2.00. The lowest BCUT2D eigenvalue weighted by molar-refractivity contribution is -0.118. The van der Waals surface area contributed by atoms with E-state index in [1.807, 2.05) is 37.3 Å². The fourth-order valence-corrected chi connectivity index (χ4v) is 2.69. The Hall–Kier alpha value is -1.81. The molecule has 1 amide bonds. The Morgan fingerprint density at radius 1 is 1.17 bits per heavy atom. The van der Waals surface area contributed by atoms with Gasteiger partial charge in [-0.15, -0.1) is 0 Å². The lowest BCUT2D eigenvalue weighted by atomic mass is 10.1. The molecule has 1 N–H and O–H groups in total. The Balaban J connectivity index is 1.96. The third kappa shape index (κ3) is 2.11. The van der Waals surface area contributed by atoms with E-state index in [2.05, 4.69) is 22.4 Å². The quantitative estimate of drug-likeness (QED) is 0.852. The van der Waals surface area contributed by atoms with E-state index in [9.17, 15) is 4.79 Å². The third-order valence-electron chi connectivity index (χ3n) is 2.85. The molecule has 2 aromatic carbocycles. The predicted molar refractivity (Wildman–Crippen MR) is 76.2 cm³/mol. The molecule has 1 unspecified atom stereocenters. The molecule has 90 valence electrons. The van der Waals surface area contributed by atoms with Crippen LogP contribution < -0.4 is 5.32 Å². The number of fused-ring (bicyclic) bond motifs is 1. The molecule has 1 aliphatic heterocycles. The maximum Gasteiger partial charge on any atom is 0.239 e.